The molecule has 1 unspecified atom stereocenters. The van der Waals surface area contributed by atoms with Gasteiger partial charge in [0.25, 0.3) is 0 Å². The van der Waals surface area contributed by atoms with Crippen molar-refractivity contribution in [1.82, 2.24) is 9.80 Å². The topological polar surface area (TPSA) is 60.9 Å². The van der Waals surface area contributed by atoms with E-state index in [1.807, 2.05) is 0 Å². The lowest BCUT2D eigenvalue weighted by Gasteiger charge is -2.36. The molecule has 0 bridgehead atoms. The maximum absolute atomic E-state index is 12.4. The van der Waals surface area contributed by atoms with Gasteiger partial charge in [-0.15, -0.1) is 0 Å². The van der Waals surface area contributed by atoms with Crippen molar-refractivity contribution in [3.05, 3.63) is 0 Å². The first-order valence-corrected chi connectivity index (χ1v) is 6.78. The third-order valence-corrected chi connectivity index (χ3v) is 3.77. The predicted octanol–water partition coefficient (Wildman–Crippen LogP) is 1.49. The molecule has 0 spiro atoms. The van der Waals surface area contributed by atoms with E-state index in [1.165, 1.54) is 4.90 Å². The molecule has 0 saturated carbocycles. The molecule has 0 aromatic carbocycles. The van der Waals surface area contributed by atoms with E-state index < -0.39 is 31.3 Å². The number of carboxylic acid groups (broad SMARTS) is 1. The van der Waals surface area contributed by atoms with Gasteiger partial charge in [0.2, 0.25) is 0 Å². The van der Waals surface area contributed by atoms with E-state index in [0.29, 0.717) is 23.0 Å². The Kier molecular flexibility index (Phi) is 5.33. The van der Waals surface area contributed by atoms with Crippen LogP contribution >= 0.6 is 11.8 Å². The maximum atomic E-state index is 12.4. The van der Waals surface area contributed by atoms with Gasteiger partial charge in [-0.05, 0) is 6.92 Å². The first kappa shape index (κ1) is 15.9. The summed E-state index contributed by atoms with van der Waals surface area (Å²) in [5, 5.41) is 8.61. The van der Waals surface area contributed by atoms with E-state index in [0.717, 1.165) is 0 Å². The second kappa shape index (κ2) is 6.36. The lowest BCUT2D eigenvalue weighted by molar-refractivity contribution is -0.149. The van der Waals surface area contributed by atoms with Crippen LogP contribution in [0.4, 0.5) is 18.0 Å². The summed E-state index contributed by atoms with van der Waals surface area (Å²) in [6, 6.07) is -1.07. The van der Waals surface area contributed by atoms with Crippen LogP contribution in [0.15, 0.2) is 0 Å². The summed E-state index contributed by atoms with van der Waals surface area (Å²) < 4.78 is 37.1. The van der Waals surface area contributed by atoms with Crippen LogP contribution in [-0.2, 0) is 4.79 Å². The van der Waals surface area contributed by atoms with Gasteiger partial charge in [-0.2, -0.15) is 24.9 Å². The molecule has 5 nitrogen and oxygen atoms in total. The number of carboxylic acids is 1. The van der Waals surface area contributed by atoms with Crippen LogP contribution < -0.4 is 0 Å². The van der Waals surface area contributed by atoms with Crippen molar-refractivity contribution in [1.29, 1.82) is 0 Å². The Hall–Kier alpha value is -1.12. The monoisotopic (exact) mass is 300 g/mol. The van der Waals surface area contributed by atoms with Crippen molar-refractivity contribution < 1.29 is 27.9 Å². The van der Waals surface area contributed by atoms with E-state index >= 15 is 0 Å². The summed E-state index contributed by atoms with van der Waals surface area (Å²) in [5.74, 6) is -0.182. The Labute approximate surface area is 112 Å². The summed E-state index contributed by atoms with van der Waals surface area (Å²) in [5.41, 5.74) is 0. The SMILES string of the molecule is CC1CSCCN1C(=O)N(CC(=O)O)CC(F)(F)F. The summed E-state index contributed by atoms with van der Waals surface area (Å²) in [6.07, 6.45) is -4.61. The standard InChI is InChI=1S/C10H15F3N2O3S/c1-7-5-19-3-2-15(7)9(18)14(4-8(16)17)6-10(11,12)13/h7H,2-6H2,1H3,(H,16,17). The second-order valence-corrected chi connectivity index (χ2v) is 5.41. The molecule has 1 atom stereocenters. The highest BCUT2D eigenvalue weighted by atomic mass is 32.2. The molecule has 1 rings (SSSR count). The first-order valence-electron chi connectivity index (χ1n) is 5.62. The number of hydrogen-bond donors (Lipinski definition) is 1. The highest BCUT2D eigenvalue weighted by molar-refractivity contribution is 7.99. The number of thioether (sulfide) groups is 1. The van der Waals surface area contributed by atoms with Crippen LogP contribution in [0.25, 0.3) is 0 Å². The summed E-state index contributed by atoms with van der Waals surface area (Å²) in [4.78, 5) is 24.2. The largest absolute Gasteiger partial charge is 0.480 e. The van der Waals surface area contributed by atoms with E-state index in [2.05, 4.69) is 0 Å². The molecule has 110 valence electrons. The molecule has 0 aromatic rings. The lowest BCUT2D eigenvalue weighted by Crippen LogP contribution is -2.54. The molecule has 1 aliphatic rings. The lowest BCUT2D eigenvalue weighted by atomic mass is 10.3. The van der Waals surface area contributed by atoms with Crippen LogP contribution in [0, 0.1) is 0 Å². The van der Waals surface area contributed by atoms with Gasteiger partial charge < -0.3 is 14.9 Å². The van der Waals surface area contributed by atoms with Gasteiger partial charge in [0.15, 0.2) is 0 Å². The minimum absolute atomic E-state index is 0.198. The third kappa shape index (κ3) is 5.17. The molecule has 9 heteroatoms. The molecule has 1 N–H and O–H groups in total. The summed E-state index contributed by atoms with van der Waals surface area (Å²) >= 11 is 1.61. The Morgan fingerprint density at radius 3 is 2.58 bits per heavy atom. The molecular weight excluding hydrogens is 285 g/mol. The van der Waals surface area contributed by atoms with E-state index in [9.17, 15) is 22.8 Å². The van der Waals surface area contributed by atoms with Crippen molar-refractivity contribution in [3.8, 4) is 0 Å². The molecule has 1 saturated heterocycles. The highest BCUT2D eigenvalue weighted by Crippen LogP contribution is 2.21. The first-order chi connectivity index (χ1) is 8.70. The number of hydrogen-bond acceptors (Lipinski definition) is 3. The van der Waals surface area contributed by atoms with Crippen molar-refractivity contribution >= 4 is 23.8 Å². The predicted molar refractivity (Wildman–Crippen MR) is 64.2 cm³/mol. The van der Waals surface area contributed by atoms with Gasteiger partial charge in [0, 0.05) is 24.1 Å². The van der Waals surface area contributed by atoms with Crippen LogP contribution in [0.2, 0.25) is 0 Å². The van der Waals surface area contributed by atoms with Gasteiger partial charge in [-0.3, -0.25) is 4.79 Å². The zero-order chi connectivity index (χ0) is 14.6. The van der Waals surface area contributed by atoms with Gasteiger partial charge in [0.1, 0.15) is 13.1 Å². The van der Waals surface area contributed by atoms with Gasteiger partial charge in [-0.25, -0.2) is 4.79 Å². The van der Waals surface area contributed by atoms with Crippen LogP contribution in [-0.4, -0.2) is 70.3 Å². The smallest absolute Gasteiger partial charge is 0.406 e. The minimum atomic E-state index is -4.61. The number of halogens is 3. The van der Waals surface area contributed by atoms with Crippen molar-refractivity contribution in [2.24, 2.45) is 0 Å². The number of aliphatic carboxylic acids is 1. The zero-order valence-corrected chi connectivity index (χ0v) is 11.1. The van der Waals surface area contributed by atoms with Gasteiger partial charge in [-0.1, -0.05) is 0 Å². The molecule has 0 aliphatic carbocycles. The Morgan fingerprint density at radius 2 is 2.11 bits per heavy atom. The van der Waals surface area contributed by atoms with Crippen molar-refractivity contribution in [2.75, 3.05) is 31.1 Å². The number of amides is 2. The molecule has 19 heavy (non-hydrogen) atoms. The van der Waals surface area contributed by atoms with Crippen LogP contribution in [0.3, 0.4) is 0 Å². The van der Waals surface area contributed by atoms with E-state index in [1.54, 1.807) is 18.7 Å². The average Bonchev–Trinajstić information content (AvgIpc) is 2.25. The fraction of sp³-hybridized carbons (Fsp3) is 0.800. The fourth-order valence-electron chi connectivity index (χ4n) is 1.76. The molecule has 1 fully saturated rings. The number of carbonyl (C=O) groups is 2. The third-order valence-electron chi connectivity index (χ3n) is 2.58. The molecular formula is C10H15F3N2O3S. The summed E-state index contributed by atoms with van der Waals surface area (Å²) in [7, 11) is 0. The molecule has 0 aromatic heterocycles. The normalized spacial score (nSPS) is 20.2. The van der Waals surface area contributed by atoms with E-state index in [4.69, 9.17) is 5.11 Å². The average molecular weight is 300 g/mol. The number of carbonyl (C=O) groups excluding carboxylic acids is 1. The van der Waals surface area contributed by atoms with Crippen LogP contribution in [0.5, 0.6) is 0 Å². The zero-order valence-electron chi connectivity index (χ0n) is 10.3. The Bertz CT molecular complexity index is 351. The fourth-order valence-corrected chi connectivity index (χ4v) is 2.78. The number of nitrogens with zero attached hydrogens (tertiary/aromatic N) is 2. The van der Waals surface area contributed by atoms with Gasteiger partial charge in [0.05, 0.1) is 0 Å². The number of alkyl halides is 3. The van der Waals surface area contributed by atoms with Crippen molar-refractivity contribution in [3.63, 3.8) is 0 Å². The van der Waals surface area contributed by atoms with Gasteiger partial charge >= 0.3 is 18.2 Å². The van der Waals surface area contributed by atoms with E-state index in [-0.39, 0.29) is 6.04 Å². The molecule has 1 aliphatic heterocycles. The van der Waals surface area contributed by atoms with Crippen molar-refractivity contribution in [2.45, 2.75) is 19.1 Å². The Morgan fingerprint density at radius 1 is 1.47 bits per heavy atom. The molecule has 1 heterocycles. The number of rotatable bonds is 3. The van der Waals surface area contributed by atoms with Crippen LogP contribution in [0.1, 0.15) is 6.92 Å². The second-order valence-electron chi connectivity index (χ2n) is 4.26. The maximum Gasteiger partial charge on any atom is 0.406 e. The highest BCUT2D eigenvalue weighted by Gasteiger charge is 2.37. The molecule has 0 radical (unpaired) electrons. The minimum Gasteiger partial charge on any atom is -0.480 e. The Balaban J connectivity index is 2.77. The quantitative estimate of drug-likeness (QED) is 0.858. The number of urea groups is 1. The summed E-state index contributed by atoms with van der Waals surface area (Å²) in [6.45, 7) is -0.432. The molecule has 2 amide bonds.